The van der Waals surface area contributed by atoms with E-state index in [4.69, 9.17) is 4.74 Å². The Hall–Kier alpha value is -1.81. The molecule has 106 valence electrons. The molecule has 1 aromatic carbocycles. The average molecular weight is 272 g/mol. The number of anilines is 1. The fraction of sp³-hybridized carbons (Fsp3) is 0.438. The van der Waals surface area contributed by atoms with E-state index in [-0.39, 0.29) is 5.91 Å². The van der Waals surface area contributed by atoms with Crippen LogP contribution < -0.4 is 15.0 Å². The topological polar surface area (TPSA) is 41.6 Å². The van der Waals surface area contributed by atoms with Gasteiger partial charge in [-0.05, 0) is 37.0 Å². The van der Waals surface area contributed by atoms with E-state index in [1.165, 1.54) is 11.1 Å². The molecule has 1 saturated heterocycles. The highest BCUT2D eigenvalue weighted by molar-refractivity contribution is 6.07. The minimum Gasteiger partial charge on any atom is -0.495 e. The Balaban J connectivity index is 1.99. The molecule has 0 aliphatic carbocycles. The summed E-state index contributed by atoms with van der Waals surface area (Å²) in [6, 6.07) is 6.01. The second kappa shape index (κ2) is 5.29. The van der Waals surface area contributed by atoms with Gasteiger partial charge in [0.15, 0.2) is 0 Å². The number of fused-ring (bicyclic) bond motifs is 1. The number of benzene rings is 1. The largest absolute Gasteiger partial charge is 0.495 e. The number of methoxy groups -OCH3 is 1. The van der Waals surface area contributed by atoms with Crippen LogP contribution in [0.1, 0.15) is 18.9 Å². The number of nitrogens with one attached hydrogen (secondary N) is 1. The molecule has 4 heteroatoms. The summed E-state index contributed by atoms with van der Waals surface area (Å²) in [6.07, 6.45) is 2.01. The van der Waals surface area contributed by atoms with E-state index < -0.39 is 0 Å². The van der Waals surface area contributed by atoms with Crippen LogP contribution in [-0.2, 0) is 11.2 Å². The Morgan fingerprint density at radius 2 is 2.15 bits per heavy atom. The zero-order chi connectivity index (χ0) is 14.1. The highest BCUT2D eigenvalue weighted by atomic mass is 16.5. The van der Waals surface area contributed by atoms with E-state index in [0.717, 1.165) is 49.5 Å². The van der Waals surface area contributed by atoms with Crippen LogP contribution in [-0.4, -0.2) is 32.7 Å². The second-order valence-electron chi connectivity index (χ2n) is 5.36. The van der Waals surface area contributed by atoms with Gasteiger partial charge in [-0.25, -0.2) is 0 Å². The number of para-hydroxylation sites is 1. The fourth-order valence-electron chi connectivity index (χ4n) is 2.85. The minimum absolute atomic E-state index is 0.118. The summed E-state index contributed by atoms with van der Waals surface area (Å²) in [5.74, 6) is 0.909. The summed E-state index contributed by atoms with van der Waals surface area (Å²) < 4.78 is 5.45. The third-order valence-electron chi connectivity index (χ3n) is 4.17. The van der Waals surface area contributed by atoms with Crippen LogP contribution in [0.3, 0.4) is 0 Å². The Bertz CT molecular complexity index is 558. The first-order chi connectivity index (χ1) is 9.72. The van der Waals surface area contributed by atoms with Gasteiger partial charge in [0.05, 0.1) is 12.8 Å². The maximum Gasteiger partial charge on any atom is 0.254 e. The number of rotatable bonds is 2. The molecule has 1 N–H and O–H groups in total. The van der Waals surface area contributed by atoms with Gasteiger partial charge >= 0.3 is 0 Å². The average Bonchev–Trinajstić information content (AvgIpc) is 2.43. The molecule has 20 heavy (non-hydrogen) atoms. The van der Waals surface area contributed by atoms with E-state index in [1.54, 1.807) is 7.11 Å². The summed E-state index contributed by atoms with van der Waals surface area (Å²) in [5, 5.41) is 3.19. The molecule has 4 nitrogen and oxygen atoms in total. The lowest BCUT2D eigenvalue weighted by Gasteiger charge is -2.32. The van der Waals surface area contributed by atoms with Crippen molar-refractivity contribution in [2.45, 2.75) is 19.8 Å². The van der Waals surface area contributed by atoms with Crippen LogP contribution in [0.4, 0.5) is 5.69 Å². The Morgan fingerprint density at radius 1 is 1.35 bits per heavy atom. The maximum absolute atomic E-state index is 12.7. The van der Waals surface area contributed by atoms with Crippen molar-refractivity contribution in [2.24, 2.45) is 0 Å². The van der Waals surface area contributed by atoms with Crippen molar-refractivity contribution in [3.8, 4) is 5.75 Å². The molecule has 0 radical (unpaired) electrons. The van der Waals surface area contributed by atoms with Gasteiger partial charge in [-0.15, -0.1) is 0 Å². The Labute approximate surface area is 119 Å². The lowest BCUT2D eigenvalue weighted by atomic mass is 9.98. The molecule has 3 rings (SSSR count). The normalized spacial score (nSPS) is 17.3. The molecule has 0 saturated carbocycles. The van der Waals surface area contributed by atoms with Crippen LogP contribution in [0.5, 0.6) is 5.75 Å². The van der Waals surface area contributed by atoms with Crippen LogP contribution in [0.25, 0.3) is 0 Å². The quantitative estimate of drug-likeness (QED) is 0.836. The van der Waals surface area contributed by atoms with Crippen molar-refractivity contribution in [2.75, 3.05) is 31.6 Å². The molecule has 0 aromatic heterocycles. The zero-order valence-corrected chi connectivity index (χ0v) is 12.0. The molecular weight excluding hydrogens is 252 g/mol. The summed E-state index contributed by atoms with van der Waals surface area (Å²) in [5.41, 5.74) is 4.26. The molecule has 2 heterocycles. The highest BCUT2D eigenvalue weighted by Gasteiger charge is 2.28. The van der Waals surface area contributed by atoms with Crippen molar-refractivity contribution in [1.29, 1.82) is 0 Å². The summed E-state index contributed by atoms with van der Waals surface area (Å²) in [6.45, 7) is 4.38. The predicted molar refractivity (Wildman–Crippen MR) is 79.2 cm³/mol. The van der Waals surface area contributed by atoms with E-state index in [9.17, 15) is 4.79 Å². The third-order valence-corrected chi connectivity index (χ3v) is 4.17. The van der Waals surface area contributed by atoms with Crippen molar-refractivity contribution in [1.82, 2.24) is 5.32 Å². The highest BCUT2D eigenvalue weighted by Crippen LogP contribution is 2.37. The van der Waals surface area contributed by atoms with Crippen molar-refractivity contribution >= 4 is 11.6 Å². The maximum atomic E-state index is 12.7. The number of amides is 1. The van der Waals surface area contributed by atoms with Crippen LogP contribution in [0.15, 0.2) is 29.3 Å². The standard InChI is InChI=1S/C16H20N2O2/c1-11(13-9-17-10-13)16(19)18-8-4-6-12-5-3-7-14(20-2)15(12)18/h3,5,7,17H,4,6,8-10H2,1-2H3. The Kier molecular flexibility index (Phi) is 3.49. The first-order valence-corrected chi connectivity index (χ1v) is 7.09. The monoisotopic (exact) mass is 272 g/mol. The first-order valence-electron chi connectivity index (χ1n) is 7.09. The Morgan fingerprint density at radius 3 is 2.80 bits per heavy atom. The number of carbonyl (C=O) groups is 1. The van der Waals surface area contributed by atoms with Crippen LogP contribution >= 0.6 is 0 Å². The van der Waals surface area contributed by atoms with Gasteiger partial charge in [0.25, 0.3) is 5.91 Å². The fourth-order valence-corrected chi connectivity index (χ4v) is 2.85. The molecule has 2 aliphatic heterocycles. The van der Waals surface area contributed by atoms with E-state index in [0.29, 0.717) is 0 Å². The molecule has 0 spiro atoms. The first kappa shape index (κ1) is 13.2. The van der Waals surface area contributed by atoms with Gasteiger partial charge in [0, 0.05) is 25.2 Å². The van der Waals surface area contributed by atoms with Crippen molar-refractivity contribution in [3.05, 3.63) is 34.9 Å². The molecular formula is C16H20N2O2. The van der Waals surface area contributed by atoms with Crippen molar-refractivity contribution in [3.63, 3.8) is 0 Å². The molecule has 1 amide bonds. The minimum atomic E-state index is 0.118. The molecule has 2 aliphatic rings. The molecule has 1 aromatic rings. The smallest absolute Gasteiger partial charge is 0.254 e. The zero-order valence-electron chi connectivity index (χ0n) is 12.0. The van der Waals surface area contributed by atoms with Crippen LogP contribution in [0.2, 0.25) is 0 Å². The number of aryl methyl sites for hydroxylation is 1. The van der Waals surface area contributed by atoms with E-state index in [1.807, 2.05) is 24.0 Å². The van der Waals surface area contributed by atoms with Crippen molar-refractivity contribution < 1.29 is 9.53 Å². The predicted octanol–water partition coefficient (Wildman–Crippen LogP) is 1.89. The molecule has 0 bridgehead atoms. The number of hydrogen-bond acceptors (Lipinski definition) is 3. The SMILES string of the molecule is COc1cccc2c1N(C(=O)C(C)=C1CNC1)CCC2. The van der Waals surface area contributed by atoms with E-state index in [2.05, 4.69) is 11.4 Å². The number of nitrogens with zero attached hydrogens (tertiary/aromatic N) is 1. The second-order valence-corrected chi connectivity index (χ2v) is 5.36. The van der Waals surface area contributed by atoms with Gasteiger partial charge in [0.2, 0.25) is 0 Å². The lowest BCUT2D eigenvalue weighted by molar-refractivity contribution is -0.115. The van der Waals surface area contributed by atoms with Gasteiger partial charge in [0.1, 0.15) is 5.75 Å². The summed E-state index contributed by atoms with van der Waals surface area (Å²) >= 11 is 0. The van der Waals surface area contributed by atoms with E-state index >= 15 is 0 Å². The number of carbonyl (C=O) groups excluding carboxylic acids is 1. The van der Waals surface area contributed by atoms with Crippen LogP contribution in [0, 0.1) is 0 Å². The van der Waals surface area contributed by atoms with Gasteiger partial charge in [-0.3, -0.25) is 4.79 Å². The third kappa shape index (κ3) is 2.10. The summed E-state index contributed by atoms with van der Waals surface area (Å²) in [4.78, 5) is 14.6. The number of hydrogen-bond donors (Lipinski definition) is 1. The van der Waals surface area contributed by atoms with Gasteiger partial charge in [-0.2, -0.15) is 0 Å². The van der Waals surface area contributed by atoms with Gasteiger partial charge in [-0.1, -0.05) is 12.1 Å². The van der Waals surface area contributed by atoms with Gasteiger partial charge < -0.3 is 15.0 Å². The molecule has 0 atom stereocenters. The summed E-state index contributed by atoms with van der Waals surface area (Å²) in [7, 11) is 1.66. The lowest BCUT2D eigenvalue weighted by Crippen LogP contribution is -2.41. The number of ether oxygens (including phenoxy) is 1. The molecule has 1 fully saturated rings. The molecule has 0 unspecified atom stereocenters.